The van der Waals surface area contributed by atoms with Crippen LogP contribution in [0.4, 0.5) is 5.69 Å². The molecule has 8 heteroatoms. The van der Waals surface area contributed by atoms with E-state index in [4.69, 9.17) is 10.5 Å². The molecule has 1 atom stereocenters. The second kappa shape index (κ2) is 4.32. The molecule has 0 aliphatic carbocycles. The van der Waals surface area contributed by atoms with Gasteiger partial charge in [0.15, 0.2) is 0 Å². The molecule has 3 rings (SSSR count). The quantitative estimate of drug-likeness (QED) is 0.869. The van der Waals surface area contributed by atoms with Crippen LogP contribution in [0.5, 0.6) is 11.8 Å². The summed E-state index contributed by atoms with van der Waals surface area (Å²) in [5.74, 6) is 0.286. The van der Waals surface area contributed by atoms with Crippen molar-refractivity contribution in [1.29, 1.82) is 0 Å². The summed E-state index contributed by atoms with van der Waals surface area (Å²) >= 11 is 3.38. The molecule has 1 aliphatic rings. The van der Waals surface area contributed by atoms with Crippen LogP contribution in [-0.2, 0) is 11.8 Å². The van der Waals surface area contributed by atoms with E-state index in [2.05, 4.69) is 31.3 Å². The van der Waals surface area contributed by atoms with Gasteiger partial charge in [-0.05, 0) is 22.0 Å². The third kappa shape index (κ3) is 2.08. The molecule has 0 bridgehead atoms. The average molecular weight is 324 g/mol. The Hall–Kier alpha value is -1.93. The number of anilines is 1. The number of nitrogens with one attached hydrogen (secondary N) is 1. The molecule has 98 valence electrons. The first-order valence-corrected chi connectivity index (χ1v) is 6.27. The highest BCUT2D eigenvalue weighted by atomic mass is 79.9. The largest absolute Gasteiger partial charge is 0.422 e. The van der Waals surface area contributed by atoms with E-state index in [1.807, 2.05) is 0 Å². The van der Waals surface area contributed by atoms with Crippen molar-refractivity contribution >= 4 is 27.5 Å². The normalized spacial score (nSPS) is 17.2. The van der Waals surface area contributed by atoms with Gasteiger partial charge in [-0.2, -0.15) is 4.98 Å². The summed E-state index contributed by atoms with van der Waals surface area (Å²) in [4.78, 5) is 15.5. The van der Waals surface area contributed by atoms with Crippen LogP contribution < -0.4 is 15.8 Å². The van der Waals surface area contributed by atoms with Gasteiger partial charge in [-0.1, -0.05) is 0 Å². The molecule has 0 spiro atoms. The lowest BCUT2D eigenvalue weighted by Gasteiger charge is -2.07. The second-order valence-electron chi connectivity index (χ2n) is 4.14. The number of ether oxygens (including phenoxy) is 1. The van der Waals surface area contributed by atoms with Crippen LogP contribution >= 0.6 is 15.9 Å². The Balaban J connectivity index is 1.96. The number of nitrogens with zero attached hydrogens (tertiary/aromatic N) is 3. The van der Waals surface area contributed by atoms with Crippen LogP contribution in [0.25, 0.3) is 0 Å². The number of carbonyl (C=O) groups excluding carboxylic acids is 1. The summed E-state index contributed by atoms with van der Waals surface area (Å²) in [7, 11) is 1.75. The molecule has 1 unspecified atom stereocenters. The highest BCUT2D eigenvalue weighted by molar-refractivity contribution is 9.10. The molecule has 19 heavy (non-hydrogen) atoms. The van der Waals surface area contributed by atoms with Crippen LogP contribution in [-0.4, -0.2) is 20.7 Å². The van der Waals surface area contributed by atoms with Crippen LogP contribution in [0.3, 0.4) is 0 Å². The number of hydrogen-bond acceptors (Lipinski definition) is 5. The van der Waals surface area contributed by atoms with Crippen molar-refractivity contribution in [2.75, 3.05) is 5.32 Å². The lowest BCUT2D eigenvalue weighted by molar-refractivity contribution is -0.116. The Bertz CT molecular complexity index is 669. The van der Waals surface area contributed by atoms with E-state index in [9.17, 15) is 4.79 Å². The van der Waals surface area contributed by atoms with E-state index in [1.54, 1.807) is 19.2 Å². The smallest absolute Gasteiger partial charge is 0.341 e. The number of halogens is 1. The number of fused-ring (bicyclic) bond motifs is 1. The van der Waals surface area contributed by atoms with Gasteiger partial charge in [0, 0.05) is 24.4 Å². The van der Waals surface area contributed by atoms with E-state index in [0.717, 1.165) is 5.56 Å². The monoisotopic (exact) mass is 323 g/mol. The maximum absolute atomic E-state index is 11.5. The van der Waals surface area contributed by atoms with Crippen molar-refractivity contribution in [3.8, 4) is 11.8 Å². The molecule has 7 nitrogen and oxygen atoms in total. The van der Waals surface area contributed by atoms with Crippen molar-refractivity contribution in [3.63, 3.8) is 0 Å². The van der Waals surface area contributed by atoms with Gasteiger partial charge in [-0.25, -0.2) is 0 Å². The van der Waals surface area contributed by atoms with Crippen LogP contribution in [0, 0.1) is 0 Å². The summed E-state index contributed by atoms with van der Waals surface area (Å²) in [5, 5.41) is 6.72. The number of benzene rings is 1. The molecule has 0 radical (unpaired) electrons. The van der Waals surface area contributed by atoms with Crippen molar-refractivity contribution < 1.29 is 9.53 Å². The zero-order valence-corrected chi connectivity index (χ0v) is 11.5. The predicted molar refractivity (Wildman–Crippen MR) is 70.8 cm³/mol. The maximum Gasteiger partial charge on any atom is 0.341 e. The van der Waals surface area contributed by atoms with Crippen LogP contribution in [0.1, 0.15) is 11.6 Å². The van der Waals surface area contributed by atoms with E-state index < -0.39 is 6.04 Å². The Labute approximate surface area is 116 Å². The van der Waals surface area contributed by atoms with Crippen LogP contribution in [0.2, 0.25) is 0 Å². The fourth-order valence-corrected chi connectivity index (χ4v) is 2.27. The first kappa shape index (κ1) is 12.1. The highest BCUT2D eigenvalue weighted by Gasteiger charge is 2.28. The molecule has 1 amide bonds. The molecular weight excluding hydrogens is 314 g/mol. The Morgan fingerprint density at radius 1 is 1.53 bits per heavy atom. The third-order valence-electron chi connectivity index (χ3n) is 2.76. The van der Waals surface area contributed by atoms with Gasteiger partial charge in [-0.15, -0.1) is 5.10 Å². The van der Waals surface area contributed by atoms with Crippen molar-refractivity contribution in [1.82, 2.24) is 14.8 Å². The van der Waals surface area contributed by atoms with Crippen molar-refractivity contribution in [2.45, 2.75) is 6.04 Å². The molecule has 1 aliphatic heterocycles. The molecule has 1 aromatic carbocycles. The number of rotatable bonds is 2. The van der Waals surface area contributed by atoms with Gasteiger partial charge in [0.25, 0.3) is 0 Å². The highest BCUT2D eigenvalue weighted by Crippen LogP contribution is 2.38. The molecule has 2 aromatic rings. The standard InChI is InChI=1S/C11H10BrN5O2/c1-17-4-14-11(16-17)19-8-3-7-5(2-6(8)12)9(13)10(18)15-7/h2-4,9H,13H2,1H3,(H,15,18). The Kier molecular flexibility index (Phi) is 2.76. The number of aromatic nitrogens is 3. The maximum atomic E-state index is 11.5. The lowest BCUT2D eigenvalue weighted by Crippen LogP contribution is -2.19. The molecule has 1 aromatic heterocycles. The zero-order chi connectivity index (χ0) is 13.6. The Morgan fingerprint density at radius 3 is 3.00 bits per heavy atom. The first-order chi connectivity index (χ1) is 9.04. The zero-order valence-electron chi connectivity index (χ0n) is 9.92. The second-order valence-corrected chi connectivity index (χ2v) is 4.99. The lowest BCUT2D eigenvalue weighted by atomic mass is 10.1. The number of hydrogen-bond donors (Lipinski definition) is 2. The minimum atomic E-state index is -0.645. The minimum Gasteiger partial charge on any atom is -0.422 e. The summed E-state index contributed by atoms with van der Waals surface area (Å²) in [6.45, 7) is 0. The van der Waals surface area contributed by atoms with E-state index in [1.165, 1.54) is 11.0 Å². The van der Waals surface area contributed by atoms with Crippen molar-refractivity contribution in [3.05, 3.63) is 28.5 Å². The van der Waals surface area contributed by atoms with Gasteiger partial charge >= 0.3 is 6.01 Å². The van der Waals surface area contributed by atoms with Gasteiger partial charge in [0.1, 0.15) is 18.1 Å². The van der Waals surface area contributed by atoms with Gasteiger partial charge < -0.3 is 15.8 Å². The first-order valence-electron chi connectivity index (χ1n) is 5.48. The molecule has 2 heterocycles. The van der Waals surface area contributed by atoms with E-state index in [-0.39, 0.29) is 11.9 Å². The third-order valence-corrected chi connectivity index (χ3v) is 3.38. The number of amides is 1. The van der Waals surface area contributed by atoms with E-state index in [0.29, 0.717) is 15.9 Å². The van der Waals surface area contributed by atoms with Gasteiger partial charge in [0.2, 0.25) is 5.91 Å². The average Bonchev–Trinajstić information content (AvgIpc) is 2.87. The molecule has 3 N–H and O–H groups in total. The van der Waals surface area contributed by atoms with Gasteiger partial charge in [-0.3, -0.25) is 9.48 Å². The fraction of sp³-hybridized carbons (Fsp3) is 0.182. The SMILES string of the molecule is Cn1cnc(Oc2cc3c(cc2Br)C(N)C(=O)N3)n1. The topological polar surface area (TPSA) is 95.1 Å². The molecule has 0 saturated carbocycles. The summed E-state index contributed by atoms with van der Waals surface area (Å²) < 4.78 is 7.77. The van der Waals surface area contributed by atoms with Crippen molar-refractivity contribution in [2.24, 2.45) is 12.8 Å². The summed E-state index contributed by atoms with van der Waals surface area (Å²) in [6.07, 6.45) is 1.54. The Morgan fingerprint density at radius 2 is 2.32 bits per heavy atom. The summed E-state index contributed by atoms with van der Waals surface area (Å²) in [6, 6.07) is 3.04. The summed E-state index contributed by atoms with van der Waals surface area (Å²) in [5.41, 5.74) is 7.14. The van der Waals surface area contributed by atoms with Crippen LogP contribution in [0.15, 0.2) is 22.9 Å². The fourth-order valence-electron chi connectivity index (χ4n) is 1.83. The van der Waals surface area contributed by atoms with E-state index >= 15 is 0 Å². The number of nitrogens with two attached hydrogens (primary N) is 1. The van der Waals surface area contributed by atoms with Gasteiger partial charge in [0.05, 0.1) is 4.47 Å². The predicted octanol–water partition coefficient (Wildman–Crippen LogP) is 1.32. The number of aryl methyl sites for hydroxylation is 1. The molecular formula is C11H10BrN5O2. The molecule has 0 fully saturated rings. The minimum absolute atomic E-state index is 0.227. The number of carbonyl (C=O) groups is 1. The molecule has 0 saturated heterocycles.